The molecule has 0 heterocycles. The van der Waals surface area contributed by atoms with Crippen LogP contribution in [-0.4, -0.2) is 24.1 Å². The van der Waals surface area contributed by atoms with Crippen LogP contribution in [0, 0.1) is 5.82 Å². The Morgan fingerprint density at radius 2 is 1.84 bits per heavy atom. The molecule has 0 radical (unpaired) electrons. The van der Waals surface area contributed by atoms with Gasteiger partial charge >= 0.3 is 0 Å². The van der Waals surface area contributed by atoms with E-state index in [1.807, 2.05) is 0 Å². The van der Waals surface area contributed by atoms with E-state index in [0.717, 1.165) is 6.07 Å². The quantitative estimate of drug-likeness (QED) is 0.615. The molecule has 2 rings (SSSR count). The Balaban J connectivity index is 1.89. The van der Waals surface area contributed by atoms with E-state index >= 15 is 0 Å². The monoisotopic (exact) mass is 381 g/mol. The lowest BCUT2D eigenvalue weighted by Gasteiger charge is -2.06. The molecule has 25 heavy (non-hydrogen) atoms. The second-order valence-corrected chi connectivity index (χ2v) is 5.87. The number of hydrazone groups is 1. The summed E-state index contributed by atoms with van der Waals surface area (Å²) in [4.78, 5) is 23.6. The maximum Gasteiger partial charge on any atom is 0.259 e. The molecular weight excluding hydrogens is 368 g/mol. The summed E-state index contributed by atoms with van der Waals surface area (Å²) in [6.45, 7) is 1.39. The van der Waals surface area contributed by atoms with Crippen molar-refractivity contribution in [3.05, 3.63) is 69.5 Å². The molecule has 2 aromatic carbocycles. The lowest BCUT2D eigenvalue weighted by atomic mass is 10.1. The Hall–Kier alpha value is -2.44. The molecule has 2 N–H and O–H groups in total. The summed E-state index contributed by atoms with van der Waals surface area (Å²) in [6, 6.07) is 10.1. The average Bonchev–Trinajstić information content (AvgIpc) is 2.59. The van der Waals surface area contributed by atoms with Gasteiger partial charge in [0.15, 0.2) is 0 Å². The molecule has 5 nitrogen and oxygen atoms in total. The van der Waals surface area contributed by atoms with Crippen LogP contribution in [0.15, 0.2) is 47.6 Å². The number of hydrogen-bond donors (Lipinski definition) is 2. The van der Waals surface area contributed by atoms with Gasteiger partial charge in [0, 0.05) is 5.56 Å². The molecule has 2 amide bonds. The van der Waals surface area contributed by atoms with Gasteiger partial charge in [-0.15, -0.1) is 0 Å². The molecule has 8 heteroatoms. The van der Waals surface area contributed by atoms with Crippen LogP contribution in [0.1, 0.15) is 22.8 Å². The minimum absolute atomic E-state index is 0.128. The summed E-state index contributed by atoms with van der Waals surface area (Å²) in [5, 5.41) is 7.11. The maximum atomic E-state index is 13.1. The van der Waals surface area contributed by atoms with Crippen LogP contribution in [0.4, 0.5) is 4.39 Å². The smallest absolute Gasteiger partial charge is 0.259 e. The highest BCUT2D eigenvalue weighted by Crippen LogP contribution is 2.22. The van der Waals surface area contributed by atoms with Gasteiger partial charge in [0.2, 0.25) is 0 Å². The summed E-state index contributed by atoms with van der Waals surface area (Å²) in [6.07, 6.45) is 0. The van der Waals surface area contributed by atoms with Crippen LogP contribution in [0.3, 0.4) is 0 Å². The van der Waals surface area contributed by atoms with E-state index in [2.05, 4.69) is 15.8 Å². The van der Waals surface area contributed by atoms with Gasteiger partial charge in [-0.25, -0.2) is 9.82 Å². The van der Waals surface area contributed by atoms with Crippen molar-refractivity contribution in [3.63, 3.8) is 0 Å². The number of nitrogens with zero attached hydrogens (tertiary/aromatic N) is 1. The summed E-state index contributed by atoms with van der Waals surface area (Å²) in [5.74, 6) is -1.61. The zero-order valence-corrected chi connectivity index (χ0v) is 14.7. The molecule has 0 atom stereocenters. The minimum atomic E-state index is -0.556. The first-order valence-corrected chi connectivity index (χ1v) is 7.94. The first-order valence-electron chi connectivity index (χ1n) is 7.19. The number of nitrogens with one attached hydrogen (secondary N) is 2. The molecule has 0 aliphatic carbocycles. The van der Waals surface area contributed by atoms with Gasteiger partial charge in [0.25, 0.3) is 11.8 Å². The molecule has 0 aliphatic heterocycles. The number of rotatable bonds is 5. The summed E-state index contributed by atoms with van der Waals surface area (Å²) < 4.78 is 13.1. The molecule has 0 spiro atoms. The van der Waals surface area contributed by atoms with Crippen LogP contribution in [0.25, 0.3) is 0 Å². The number of carbonyl (C=O) groups excluding carboxylic acids is 2. The molecule has 0 unspecified atom stereocenters. The number of hydrogen-bond acceptors (Lipinski definition) is 3. The SMILES string of the molecule is C/C(=N/NC(=O)CNC(=O)c1cccc(F)c1)c1ccc(Cl)c(Cl)c1. The highest BCUT2D eigenvalue weighted by Gasteiger charge is 2.09. The molecule has 0 bridgehead atoms. The van der Waals surface area contributed by atoms with Gasteiger partial charge < -0.3 is 5.32 Å². The predicted octanol–water partition coefficient (Wildman–Crippen LogP) is 3.40. The van der Waals surface area contributed by atoms with Crippen molar-refractivity contribution in [2.45, 2.75) is 6.92 Å². The van der Waals surface area contributed by atoms with E-state index in [9.17, 15) is 14.0 Å². The van der Waals surface area contributed by atoms with E-state index in [1.165, 1.54) is 18.2 Å². The highest BCUT2D eigenvalue weighted by molar-refractivity contribution is 6.42. The minimum Gasteiger partial charge on any atom is -0.343 e. The van der Waals surface area contributed by atoms with Gasteiger partial charge in [-0.3, -0.25) is 9.59 Å². The van der Waals surface area contributed by atoms with Gasteiger partial charge in [-0.05, 0) is 42.8 Å². The van der Waals surface area contributed by atoms with E-state index in [-0.39, 0.29) is 12.1 Å². The number of amides is 2. The zero-order valence-electron chi connectivity index (χ0n) is 13.1. The number of carbonyl (C=O) groups is 2. The maximum absolute atomic E-state index is 13.1. The van der Waals surface area contributed by atoms with Gasteiger partial charge in [-0.1, -0.05) is 35.3 Å². The van der Waals surface area contributed by atoms with Crippen LogP contribution in [0.5, 0.6) is 0 Å². The molecular formula is C17H14Cl2FN3O2. The molecule has 130 valence electrons. The normalized spacial score (nSPS) is 11.1. The summed E-state index contributed by atoms with van der Waals surface area (Å²) >= 11 is 11.8. The molecule has 0 fully saturated rings. The lowest BCUT2D eigenvalue weighted by molar-refractivity contribution is -0.120. The highest BCUT2D eigenvalue weighted by atomic mass is 35.5. The van der Waals surface area contributed by atoms with Crippen molar-refractivity contribution in [1.82, 2.24) is 10.7 Å². The second kappa shape index (κ2) is 8.60. The zero-order chi connectivity index (χ0) is 18.4. The van der Waals surface area contributed by atoms with Crippen LogP contribution in [0.2, 0.25) is 10.0 Å². The van der Waals surface area contributed by atoms with E-state index in [4.69, 9.17) is 23.2 Å². The van der Waals surface area contributed by atoms with Gasteiger partial charge in [-0.2, -0.15) is 5.10 Å². The average molecular weight is 382 g/mol. The Morgan fingerprint density at radius 3 is 2.52 bits per heavy atom. The Kier molecular flexibility index (Phi) is 6.50. The van der Waals surface area contributed by atoms with Gasteiger partial charge in [0.05, 0.1) is 22.3 Å². The largest absolute Gasteiger partial charge is 0.343 e. The Labute approximate surface area is 153 Å². The summed E-state index contributed by atoms with van der Waals surface area (Å²) in [5.41, 5.74) is 3.66. The van der Waals surface area contributed by atoms with Crippen LogP contribution >= 0.6 is 23.2 Å². The number of halogens is 3. The van der Waals surface area contributed by atoms with E-state index in [1.54, 1.807) is 25.1 Å². The molecule has 2 aromatic rings. The molecule has 0 saturated heterocycles. The van der Waals surface area contributed by atoms with Crippen LogP contribution in [-0.2, 0) is 4.79 Å². The first kappa shape index (κ1) is 18.9. The molecule has 0 aromatic heterocycles. The fourth-order valence-corrected chi connectivity index (χ4v) is 2.16. The fraction of sp³-hybridized carbons (Fsp3) is 0.118. The Bertz CT molecular complexity index is 840. The predicted molar refractivity (Wildman–Crippen MR) is 95.5 cm³/mol. The topological polar surface area (TPSA) is 70.6 Å². The van der Waals surface area contributed by atoms with Crippen molar-refractivity contribution in [1.29, 1.82) is 0 Å². The third-order valence-electron chi connectivity index (χ3n) is 3.18. The third-order valence-corrected chi connectivity index (χ3v) is 3.92. The van der Waals surface area contributed by atoms with Crippen molar-refractivity contribution in [2.75, 3.05) is 6.54 Å². The van der Waals surface area contributed by atoms with Crippen molar-refractivity contribution < 1.29 is 14.0 Å². The van der Waals surface area contributed by atoms with Crippen molar-refractivity contribution >= 4 is 40.7 Å². The molecule has 0 aliphatic rings. The molecule has 0 saturated carbocycles. The van der Waals surface area contributed by atoms with E-state index < -0.39 is 17.6 Å². The third kappa shape index (κ3) is 5.55. The Morgan fingerprint density at radius 1 is 1.08 bits per heavy atom. The van der Waals surface area contributed by atoms with Gasteiger partial charge in [0.1, 0.15) is 5.82 Å². The lowest BCUT2D eigenvalue weighted by Crippen LogP contribution is -2.35. The first-order chi connectivity index (χ1) is 11.9. The van der Waals surface area contributed by atoms with Crippen molar-refractivity contribution in [2.24, 2.45) is 5.10 Å². The second-order valence-electron chi connectivity index (χ2n) is 5.05. The number of benzene rings is 2. The standard InChI is InChI=1S/C17H14Cl2FN3O2/c1-10(11-5-6-14(18)15(19)8-11)22-23-16(24)9-21-17(25)12-3-2-4-13(20)7-12/h2-8H,9H2,1H3,(H,21,25)(H,23,24)/b22-10-. The fourth-order valence-electron chi connectivity index (χ4n) is 1.86. The van der Waals surface area contributed by atoms with Crippen molar-refractivity contribution in [3.8, 4) is 0 Å². The summed E-state index contributed by atoms with van der Waals surface area (Å²) in [7, 11) is 0. The van der Waals surface area contributed by atoms with Crippen LogP contribution < -0.4 is 10.7 Å². The van der Waals surface area contributed by atoms with E-state index in [0.29, 0.717) is 21.3 Å².